The zero-order valence-electron chi connectivity index (χ0n) is 19.9. The Kier molecular flexibility index (Phi) is 5.22. The molecule has 4 nitrogen and oxygen atoms in total. The monoisotopic (exact) mass is 412 g/mol. The van der Waals surface area contributed by atoms with E-state index in [1.807, 2.05) is 11.9 Å². The van der Waals surface area contributed by atoms with Gasteiger partial charge in [0.05, 0.1) is 0 Å². The van der Waals surface area contributed by atoms with Crippen LogP contribution in [-0.2, 0) is 9.59 Å². The Labute approximate surface area is 182 Å². The molecule has 1 aliphatic heterocycles. The van der Waals surface area contributed by atoms with Gasteiger partial charge in [0.2, 0.25) is 11.8 Å². The Morgan fingerprint density at radius 2 is 1.77 bits per heavy atom. The first-order chi connectivity index (χ1) is 14.0. The summed E-state index contributed by atoms with van der Waals surface area (Å²) in [4.78, 5) is 29.9. The van der Waals surface area contributed by atoms with E-state index in [9.17, 15) is 9.59 Å². The minimum Gasteiger partial charge on any atom is -0.338 e. The van der Waals surface area contributed by atoms with Crippen LogP contribution in [0, 0.1) is 34.5 Å². The molecule has 0 spiro atoms. The molecule has 0 N–H and O–H groups in total. The standard InChI is InChI=1S/C26H40N2O2/c1-16(2)28(17(3)4)24(30)21-10-9-19-18-8-11-22-26(6,15-13-23(29)27(22)7)20(18)12-14-25(19,21)5/h11,13,15-21H,8-10,12,14H2,1-7H3. The van der Waals surface area contributed by atoms with Gasteiger partial charge in [-0.15, -0.1) is 0 Å². The lowest BCUT2D eigenvalue weighted by Gasteiger charge is -2.57. The Bertz CT molecular complexity index is 789. The van der Waals surface area contributed by atoms with Gasteiger partial charge in [0.15, 0.2) is 0 Å². The molecule has 0 aromatic heterocycles. The Morgan fingerprint density at radius 1 is 1.10 bits per heavy atom. The van der Waals surface area contributed by atoms with Crippen molar-refractivity contribution in [3.63, 3.8) is 0 Å². The summed E-state index contributed by atoms with van der Waals surface area (Å²) in [5.74, 6) is 2.38. The molecule has 4 rings (SSSR count). The number of rotatable bonds is 3. The van der Waals surface area contributed by atoms with E-state index in [2.05, 4.69) is 58.6 Å². The molecule has 0 saturated heterocycles. The lowest BCUT2D eigenvalue weighted by Crippen LogP contribution is -2.54. The molecular formula is C26H40N2O2. The first-order valence-corrected chi connectivity index (χ1v) is 12.0. The molecule has 0 radical (unpaired) electrons. The number of carbonyl (C=O) groups is 2. The first kappa shape index (κ1) is 21.6. The smallest absolute Gasteiger partial charge is 0.250 e. The van der Waals surface area contributed by atoms with Gasteiger partial charge in [-0.05, 0) is 83.0 Å². The number of likely N-dealkylation sites (N-methyl/N-ethyl adjacent to an activating group) is 1. The highest BCUT2D eigenvalue weighted by molar-refractivity contribution is 5.90. The van der Waals surface area contributed by atoms with Crippen LogP contribution in [0.1, 0.15) is 73.6 Å². The molecule has 2 amide bonds. The third-order valence-corrected chi connectivity index (χ3v) is 9.27. The zero-order chi connectivity index (χ0) is 22.0. The van der Waals surface area contributed by atoms with E-state index >= 15 is 0 Å². The van der Waals surface area contributed by atoms with Crippen molar-refractivity contribution in [1.29, 1.82) is 0 Å². The Morgan fingerprint density at radius 3 is 2.40 bits per heavy atom. The lowest BCUT2D eigenvalue weighted by molar-refractivity contribution is -0.146. The average Bonchev–Trinajstić information content (AvgIpc) is 3.01. The number of fused-ring (bicyclic) bond motifs is 5. The van der Waals surface area contributed by atoms with E-state index in [-0.39, 0.29) is 34.7 Å². The molecule has 0 bridgehead atoms. The topological polar surface area (TPSA) is 40.6 Å². The molecule has 2 fully saturated rings. The fraction of sp³-hybridized carbons (Fsp3) is 0.769. The molecule has 6 atom stereocenters. The van der Waals surface area contributed by atoms with Crippen molar-refractivity contribution >= 4 is 11.8 Å². The molecule has 2 saturated carbocycles. The second-order valence-electron chi connectivity index (χ2n) is 11.3. The van der Waals surface area contributed by atoms with E-state index in [4.69, 9.17) is 0 Å². The summed E-state index contributed by atoms with van der Waals surface area (Å²) in [5, 5.41) is 0. The minimum absolute atomic E-state index is 0.0586. The molecule has 30 heavy (non-hydrogen) atoms. The predicted octanol–water partition coefficient (Wildman–Crippen LogP) is 5.01. The molecule has 4 heteroatoms. The second-order valence-corrected chi connectivity index (χ2v) is 11.3. The molecule has 0 aromatic rings. The van der Waals surface area contributed by atoms with Crippen molar-refractivity contribution in [3.05, 3.63) is 23.9 Å². The number of carbonyl (C=O) groups excluding carboxylic acids is 2. The van der Waals surface area contributed by atoms with Crippen molar-refractivity contribution in [2.75, 3.05) is 7.05 Å². The van der Waals surface area contributed by atoms with E-state index in [0.717, 1.165) is 32.1 Å². The summed E-state index contributed by atoms with van der Waals surface area (Å²) < 4.78 is 0. The van der Waals surface area contributed by atoms with Crippen LogP contribution in [0.25, 0.3) is 0 Å². The van der Waals surface area contributed by atoms with Gasteiger partial charge >= 0.3 is 0 Å². The minimum atomic E-state index is -0.0586. The van der Waals surface area contributed by atoms with Crippen LogP contribution in [0.15, 0.2) is 23.9 Å². The third-order valence-electron chi connectivity index (χ3n) is 9.27. The van der Waals surface area contributed by atoms with Gasteiger partial charge in [0.1, 0.15) is 0 Å². The largest absolute Gasteiger partial charge is 0.338 e. The second kappa shape index (κ2) is 7.24. The van der Waals surface area contributed by atoms with Crippen LogP contribution in [0.4, 0.5) is 0 Å². The first-order valence-electron chi connectivity index (χ1n) is 12.0. The number of nitrogens with zero attached hydrogens (tertiary/aromatic N) is 2. The summed E-state index contributed by atoms with van der Waals surface area (Å²) >= 11 is 0. The maximum Gasteiger partial charge on any atom is 0.250 e. The van der Waals surface area contributed by atoms with Gasteiger partial charge in [-0.25, -0.2) is 0 Å². The number of allylic oxidation sites excluding steroid dienone is 2. The van der Waals surface area contributed by atoms with Gasteiger partial charge in [0.25, 0.3) is 0 Å². The molecule has 1 heterocycles. The van der Waals surface area contributed by atoms with Crippen LogP contribution in [0.2, 0.25) is 0 Å². The van der Waals surface area contributed by atoms with Crippen molar-refractivity contribution < 1.29 is 9.59 Å². The van der Waals surface area contributed by atoms with Crippen LogP contribution in [-0.4, -0.2) is 40.7 Å². The predicted molar refractivity (Wildman–Crippen MR) is 120 cm³/mol. The summed E-state index contributed by atoms with van der Waals surface area (Å²) in [7, 11) is 1.92. The van der Waals surface area contributed by atoms with Crippen molar-refractivity contribution in [3.8, 4) is 0 Å². The lowest BCUT2D eigenvalue weighted by atomic mass is 9.49. The van der Waals surface area contributed by atoms with E-state index in [0.29, 0.717) is 23.7 Å². The van der Waals surface area contributed by atoms with Gasteiger partial charge in [-0.1, -0.05) is 26.0 Å². The number of amides is 2. The fourth-order valence-electron chi connectivity index (χ4n) is 7.89. The van der Waals surface area contributed by atoms with Gasteiger partial charge in [0, 0.05) is 42.2 Å². The van der Waals surface area contributed by atoms with E-state index < -0.39 is 0 Å². The highest BCUT2D eigenvalue weighted by Gasteiger charge is 2.60. The molecule has 4 aliphatic rings. The van der Waals surface area contributed by atoms with Crippen LogP contribution in [0.5, 0.6) is 0 Å². The van der Waals surface area contributed by atoms with Crippen LogP contribution in [0.3, 0.4) is 0 Å². The molecule has 6 unspecified atom stereocenters. The van der Waals surface area contributed by atoms with Crippen molar-refractivity contribution in [1.82, 2.24) is 9.80 Å². The molecule has 0 aromatic carbocycles. The quantitative estimate of drug-likeness (QED) is 0.653. The summed E-state index contributed by atoms with van der Waals surface area (Å²) in [5.41, 5.74) is 1.23. The molecule has 3 aliphatic carbocycles. The van der Waals surface area contributed by atoms with Gasteiger partial charge in [-0.2, -0.15) is 0 Å². The Hall–Kier alpha value is -1.58. The number of hydrogen-bond donors (Lipinski definition) is 0. The van der Waals surface area contributed by atoms with Gasteiger partial charge in [-0.3, -0.25) is 9.59 Å². The maximum absolute atomic E-state index is 13.7. The van der Waals surface area contributed by atoms with Gasteiger partial charge < -0.3 is 9.80 Å². The highest BCUT2D eigenvalue weighted by atomic mass is 16.2. The highest BCUT2D eigenvalue weighted by Crippen LogP contribution is 2.65. The molecular weight excluding hydrogens is 372 g/mol. The van der Waals surface area contributed by atoms with Crippen molar-refractivity contribution in [2.24, 2.45) is 34.5 Å². The van der Waals surface area contributed by atoms with E-state index in [1.165, 1.54) is 5.70 Å². The summed E-state index contributed by atoms with van der Waals surface area (Å²) in [6, 6.07) is 0.493. The normalized spacial score (nSPS) is 40.2. The average molecular weight is 413 g/mol. The molecule has 166 valence electrons. The van der Waals surface area contributed by atoms with E-state index in [1.54, 1.807) is 6.08 Å². The third kappa shape index (κ3) is 2.92. The fourth-order valence-corrected chi connectivity index (χ4v) is 7.89. The summed E-state index contributed by atoms with van der Waals surface area (Å²) in [6.45, 7) is 13.3. The number of hydrogen-bond acceptors (Lipinski definition) is 2. The summed E-state index contributed by atoms with van der Waals surface area (Å²) in [6.07, 6.45) is 11.8. The SMILES string of the molecule is CC(C)N(C(=O)C1CCC2C3CC=C4N(C)C(=O)C=CC4(C)C3CCC12C)C(C)C. The Balaban J connectivity index is 1.64. The van der Waals surface area contributed by atoms with Crippen LogP contribution >= 0.6 is 0 Å². The van der Waals surface area contributed by atoms with Crippen molar-refractivity contribution in [2.45, 2.75) is 85.7 Å². The zero-order valence-corrected chi connectivity index (χ0v) is 19.9. The van der Waals surface area contributed by atoms with Crippen LogP contribution < -0.4 is 0 Å². The maximum atomic E-state index is 13.7.